The minimum atomic E-state index is -3.57. The second kappa shape index (κ2) is 6.91. The predicted molar refractivity (Wildman–Crippen MR) is 91.2 cm³/mol. The maximum atomic E-state index is 12.3. The zero-order chi connectivity index (χ0) is 15.5. The van der Waals surface area contributed by atoms with Gasteiger partial charge in [0.15, 0.2) is 0 Å². The lowest BCUT2D eigenvalue weighted by Gasteiger charge is -2.11. The molecular formula is C14H17BrN2O2S2. The van der Waals surface area contributed by atoms with Crippen LogP contribution in [-0.4, -0.2) is 14.5 Å². The number of thiophene rings is 1. The Morgan fingerprint density at radius 1 is 1.29 bits per heavy atom. The number of anilines is 1. The molecule has 2 rings (SSSR count). The molecule has 0 radical (unpaired) electrons. The molecule has 0 spiro atoms. The first-order valence-corrected chi connectivity index (χ1v) is 9.67. The first kappa shape index (κ1) is 16.5. The van der Waals surface area contributed by atoms with Crippen LogP contribution in [0.15, 0.2) is 44.4 Å². The van der Waals surface area contributed by atoms with Gasteiger partial charge in [0.2, 0.25) is 0 Å². The highest BCUT2D eigenvalue weighted by atomic mass is 79.9. The van der Waals surface area contributed by atoms with E-state index >= 15 is 0 Å². The van der Waals surface area contributed by atoms with Crippen molar-refractivity contribution < 1.29 is 8.42 Å². The second-order valence-corrected chi connectivity index (χ2v) is 8.20. The van der Waals surface area contributed by atoms with Gasteiger partial charge in [-0.05, 0) is 45.1 Å². The molecular weight excluding hydrogens is 372 g/mol. The van der Waals surface area contributed by atoms with E-state index in [0.717, 1.165) is 5.56 Å². The first-order chi connectivity index (χ1) is 9.88. The summed E-state index contributed by atoms with van der Waals surface area (Å²) in [5.74, 6) is 0. The van der Waals surface area contributed by atoms with Gasteiger partial charge in [-0.1, -0.05) is 19.9 Å². The summed E-state index contributed by atoms with van der Waals surface area (Å²) in [7, 11) is -3.57. The van der Waals surface area contributed by atoms with Crippen molar-refractivity contribution in [2.45, 2.75) is 31.3 Å². The molecule has 0 unspecified atom stereocenters. The molecule has 1 heterocycles. The Morgan fingerprint density at radius 3 is 2.62 bits per heavy atom. The Hall–Kier alpha value is -0.890. The molecule has 0 aliphatic heterocycles. The molecule has 21 heavy (non-hydrogen) atoms. The zero-order valence-corrected chi connectivity index (χ0v) is 15.0. The molecule has 0 bridgehead atoms. The van der Waals surface area contributed by atoms with Gasteiger partial charge in [-0.2, -0.15) is 11.3 Å². The summed E-state index contributed by atoms with van der Waals surface area (Å²) < 4.78 is 27.8. The Bertz CT molecular complexity index is 698. The molecule has 114 valence electrons. The van der Waals surface area contributed by atoms with E-state index in [9.17, 15) is 8.42 Å². The lowest BCUT2D eigenvalue weighted by atomic mass is 10.2. The molecule has 4 nitrogen and oxygen atoms in total. The van der Waals surface area contributed by atoms with Gasteiger partial charge in [0, 0.05) is 22.4 Å². The largest absolute Gasteiger partial charge is 0.310 e. The lowest BCUT2D eigenvalue weighted by molar-refractivity contribution is 0.587. The third-order valence-electron chi connectivity index (χ3n) is 2.77. The number of sulfonamides is 1. The number of nitrogens with one attached hydrogen (secondary N) is 2. The number of halogens is 1. The number of rotatable bonds is 6. The van der Waals surface area contributed by atoms with E-state index in [1.165, 1.54) is 11.3 Å². The van der Waals surface area contributed by atoms with Crippen molar-refractivity contribution in [1.82, 2.24) is 5.32 Å². The van der Waals surface area contributed by atoms with E-state index < -0.39 is 10.0 Å². The van der Waals surface area contributed by atoms with Gasteiger partial charge >= 0.3 is 0 Å². The van der Waals surface area contributed by atoms with E-state index in [4.69, 9.17) is 0 Å². The summed E-state index contributed by atoms with van der Waals surface area (Å²) >= 11 is 4.79. The third-order valence-corrected chi connectivity index (χ3v) is 5.81. The smallest absolute Gasteiger partial charge is 0.263 e. The summed E-state index contributed by atoms with van der Waals surface area (Å²) in [5, 5.41) is 6.88. The molecule has 2 aromatic rings. The number of hydrogen-bond donors (Lipinski definition) is 2. The minimum Gasteiger partial charge on any atom is -0.310 e. The normalized spacial score (nSPS) is 11.8. The van der Waals surface area contributed by atoms with Crippen LogP contribution in [-0.2, 0) is 16.6 Å². The maximum Gasteiger partial charge on any atom is 0.263 e. The molecule has 7 heteroatoms. The van der Waals surface area contributed by atoms with Gasteiger partial charge < -0.3 is 5.32 Å². The topological polar surface area (TPSA) is 58.2 Å². The molecule has 0 saturated heterocycles. The van der Waals surface area contributed by atoms with Gasteiger partial charge in [0.05, 0.1) is 5.69 Å². The maximum absolute atomic E-state index is 12.3. The fraction of sp³-hybridized carbons (Fsp3) is 0.286. The third kappa shape index (κ3) is 4.54. The van der Waals surface area contributed by atoms with Gasteiger partial charge in [-0.25, -0.2) is 8.42 Å². The van der Waals surface area contributed by atoms with Crippen molar-refractivity contribution in [3.63, 3.8) is 0 Å². The van der Waals surface area contributed by atoms with E-state index in [-0.39, 0.29) is 4.90 Å². The van der Waals surface area contributed by atoms with E-state index in [1.54, 1.807) is 17.5 Å². The van der Waals surface area contributed by atoms with E-state index in [0.29, 0.717) is 22.7 Å². The Balaban J connectivity index is 2.20. The highest BCUT2D eigenvalue weighted by Crippen LogP contribution is 2.26. The van der Waals surface area contributed by atoms with Crippen LogP contribution in [0.25, 0.3) is 0 Å². The van der Waals surface area contributed by atoms with E-state index in [2.05, 4.69) is 39.8 Å². The van der Waals surface area contributed by atoms with Crippen LogP contribution >= 0.6 is 27.3 Å². The van der Waals surface area contributed by atoms with Crippen molar-refractivity contribution in [3.05, 3.63) is 45.1 Å². The number of benzene rings is 1. The summed E-state index contributed by atoms with van der Waals surface area (Å²) in [5.41, 5.74) is 1.61. The van der Waals surface area contributed by atoms with Crippen molar-refractivity contribution in [2.24, 2.45) is 0 Å². The zero-order valence-electron chi connectivity index (χ0n) is 11.8. The average Bonchev–Trinajstić information content (AvgIpc) is 2.88. The van der Waals surface area contributed by atoms with Crippen LogP contribution < -0.4 is 10.0 Å². The highest BCUT2D eigenvalue weighted by Gasteiger charge is 2.18. The minimum absolute atomic E-state index is 0.238. The van der Waals surface area contributed by atoms with Gasteiger partial charge in [-0.3, -0.25) is 4.72 Å². The average molecular weight is 389 g/mol. The van der Waals surface area contributed by atoms with Crippen molar-refractivity contribution in [3.8, 4) is 0 Å². The fourth-order valence-electron chi connectivity index (χ4n) is 1.73. The van der Waals surface area contributed by atoms with Crippen molar-refractivity contribution >= 4 is 43.0 Å². The molecule has 0 fully saturated rings. The summed E-state index contributed by atoms with van der Waals surface area (Å²) in [4.78, 5) is 0.238. The van der Waals surface area contributed by atoms with Gasteiger partial charge in [0.1, 0.15) is 4.90 Å². The Kier molecular flexibility index (Phi) is 5.43. The van der Waals surface area contributed by atoms with Gasteiger partial charge in [-0.15, -0.1) is 0 Å². The standard InChI is InChI=1S/C14H17BrN2O2S2/c1-10(2)16-8-11-3-4-14(13(15)7-11)21(18,19)17-12-5-6-20-9-12/h3-7,9-10,16-17H,8H2,1-2H3. The molecule has 0 aliphatic carbocycles. The van der Waals surface area contributed by atoms with Gasteiger partial charge in [0.25, 0.3) is 10.0 Å². The summed E-state index contributed by atoms with van der Waals surface area (Å²) in [6.45, 7) is 4.84. The molecule has 2 N–H and O–H groups in total. The molecule has 0 atom stereocenters. The van der Waals surface area contributed by atoms with Crippen LogP contribution in [0.1, 0.15) is 19.4 Å². The monoisotopic (exact) mass is 388 g/mol. The molecule has 1 aromatic heterocycles. The van der Waals surface area contributed by atoms with E-state index in [1.807, 2.05) is 17.5 Å². The Labute approximate surface area is 137 Å². The molecule has 0 aliphatic rings. The van der Waals surface area contributed by atoms with Crippen LogP contribution in [0.5, 0.6) is 0 Å². The van der Waals surface area contributed by atoms with Crippen LogP contribution in [0, 0.1) is 0 Å². The molecule has 0 amide bonds. The first-order valence-electron chi connectivity index (χ1n) is 6.45. The van der Waals surface area contributed by atoms with Crippen molar-refractivity contribution in [1.29, 1.82) is 0 Å². The fourth-order valence-corrected chi connectivity index (χ4v) is 4.56. The van der Waals surface area contributed by atoms with Crippen molar-refractivity contribution in [2.75, 3.05) is 4.72 Å². The second-order valence-electron chi connectivity index (χ2n) is 4.92. The summed E-state index contributed by atoms with van der Waals surface area (Å²) in [6, 6.07) is 7.39. The summed E-state index contributed by atoms with van der Waals surface area (Å²) in [6.07, 6.45) is 0. The van der Waals surface area contributed by atoms with Crippen LogP contribution in [0.3, 0.4) is 0 Å². The molecule has 0 saturated carbocycles. The highest BCUT2D eigenvalue weighted by molar-refractivity contribution is 9.10. The Morgan fingerprint density at radius 2 is 2.05 bits per heavy atom. The number of hydrogen-bond acceptors (Lipinski definition) is 4. The quantitative estimate of drug-likeness (QED) is 0.790. The van der Waals surface area contributed by atoms with Crippen LogP contribution in [0.2, 0.25) is 0 Å². The molecule has 1 aromatic carbocycles. The lowest BCUT2D eigenvalue weighted by Crippen LogP contribution is -2.22. The SMILES string of the molecule is CC(C)NCc1ccc(S(=O)(=O)Nc2ccsc2)c(Br)c1. The predicted octanol–water partition coefficient (Wildman–Crippen LogP) is 3.81. The van der Waals surface area contributed by atoms with Crippen LogP contribution in [0.4, 0.5) is 5.69 Å².